The minimum atomic E-state index is 0.580. The van der Waals surface area contributed by atoms with Crippen LogP contribution in [0.5, 0.6) is 5.75 Å². The third kappa shape index (κ3) is 0.703. The highest BCUT2D eigenvalue weighted by atomic mass is 16.5. The van der Waals surface area contributed by atoms with Crippen molar-refractivity contribution in [2.75, 3.05) is 6.61 Å². The molecule has 0 aromatic heterocycles. The molecule has 0 unspecified atom stereocenters. The molecule has 1 heterocycles. The lowest BCUT2D eigenvalue weighted by molar-refractivity contribution is 0.337. The van der Waals surface area contributed by atoms with Crippen molar-refractivity contribution in [3.63, 3.8) is 0 Å². The number of rotatable bonds is 0. The van der Waals surface area contributed by atoms with E-state index in [1.807, 2.05) is 12.1 Å². The van der Waals surface area contributed by atoms with E-state index in [1.165, 1.54) is 5.56 Å². The van der Waals surface area contributed by atoms with Gasteiger partial charge in [0.15, 0.2) is 0 Å². The van der Waals surface area contributed by atoms with E-state index in [0.717, 1.165) is 12.4 Å². The van der Waals surface area contributed by atoms with E-state index in [1.54, 1.807) is 0 Å². The second kappa shape index (κ2) is 2.01. The third-order valence-corrected chi connectivity index (χ3v) is 1.94. The Morgan fingerprint density at radius 2 is 2.20 bits per heavy atom. The van der Waals surface area contributed by atoms with Crippen LogP contribution in [0.1, 0.15) is 18.4 Å². The van der Waals surface area contributed by atoms with Crippen LogP contribution < -0.4 is 4.74 Å². The topological polar surface area (TPSA) is 9.23 Å². The molecular weight excluding hydrogens is 124 g/mol. The van der Waals surface area contributed by atoms with E-state index in [9.17, 15) is 0 Å². The lowest BCUT2D eigenvalue weighted by Crippen LogP contribution is -1.93. The zero-order valence-corrected chi connectivity index (χ0v) is 6.00. The lowest BCUT2D eigenvalue weighted by atomic mass is 10.0. The van der Waals surface area contributed by atoms with Gasteiger partial charge in [-0.3, -0.25) is 0 Å². The molecule has 52 valence electrons. The van der Waals surface area contributed by atoms with Crippen molar-refractivity contribution in [3.05, 3.63) is 29.8 Å². The van der Waals surface area contributed by atoms with Gasteiger partial charge >= 0.3 is 0 Å². The molecule has 0 spiro atoms. The summed E-state index contributed by atoms with van der Waals surface area (Å²) in [5, 5.41) is 0. The summed E-state index contributed by atoms with van der Waals surface area (Å²) < 4.78 is 5.41. The number of hydrogen-bond acceptors (Lipinski definition) is 1. The Morgan fingerprint density at radius 3 is 3.00 bits per heavy atom. The molecule has 1 heteroatoms. The molecule has 0 saturated heterocycles. The molecule has 1 aliphatic rings. The molecule has 0 bridgehead atoms. The summed E-state index contributed by atoms with van der Waals surface area (Å²) in [6.07, 6.45) is 0. The summed E-state index contributed by atoms with van der Waals surface area (Å²) in [4.78, 5) is 0. The molecule has 0 aliphatic carbocycles. The highest BCUT2D eigenvalue weighted by molar-refractivity contribution is 5.38. The van der Waals surface area contributed by atoms with Crippen LogP contribution in [0.3, 0.4) is 0 Å². The van der Waals surface area contributed by atoms with Crippen LogP contribution in [0.2, 0.25) is 0 Å². The highest BCUT2D eigenvalue weighted by Gasteiger charge is 2.17. The van der Waals surface area contributed by atoms with Gasteiger partial charge in [-0.1, -0.05) is 25.1 Å². The fourth-order valence-electron chi connectivity index (χ4n) is 1.32. The second-order valence-corrected chi connectivity index (χ2v) is 2.75. The fraction of sp³-hybridized carbons (Fsp3) is 0.333. The zero-order chi connectivity index (χ0) is 6.97. The van der Waals surface area contributed by atoms with Gasteiger partial charge in [-0.2, -0.15) is 0 Å². The maximum Gasteiger partial charge on any atom is 0.122 e. The summed E-state index contributed by atoms with van der Waals surface area (Å²) in [5.74, 6) is 1.64. The normalized spacial score (nSPS) is 21.9. The smallest absolute Gasteiger partial charge is 0.122 e. The average molecular weight is 134 g/mol. The van der Waals surface area contributed by atoms with Crippen molar-refractivity contribution in [3.8, 4) is 5.75 Å². The quantitative estimate of drug-likeness (QED) is 0.528. The van der Waals surface area contributed by atoms with Crippen molar-refractivity contribution in [2.45, 2.75) is 12.8 Å². The molecular formula is C9H10O. The van der Waals surface area contributed by atoms with Gasteiger partial charge in [-0.25, -0.2) is 0 Å². The van der Waals surface area contributed by atoms with Gasteiger partial charge in [-0.05, 0) is 6.07 Å². The number of para-hydroxylation sites is 1. The first-order valence-corrected chi connectivity index (χ1v) is 3.59. The number of ether oxygens (including phenoxy) is 1. The first-order chi connectivity index (χ1) is 4.88. The van der Waals surface area contributed by atoms with Crippen LogP contribution in [-0.4, -0.2) is 6.61 Å². The SMILES string of the molecule is C[C@H]1COc2ccccc21. The van der Waals surface area contributed by atoms with Crippen molar-refractivity contribution < 1.29 is 4.74 Å². The molecule has 1 atom stereocenters. The molecule has 1 nitrogen and oxygen atoms in total. The average Bonchev–Trinajstić information content (AvgIpc) is 2.34. The van der Waals surface area contributed by atoms with Crippen molar-refractivity contribution in [1.29, 1.82) is 0 Å². The van der Waals surface area contributed by atoms with Gasteiger partial charge in [0, 0.05) is 11.5 Å². The zero-order valence-electron chi connectivity index (χ0n) is 6.00. The van der Waals surface area contributed by atoms with Crippen molar-refractivity contribution in [1.82, 2.24) is 0 Å². The standard InChI is InChI=1S/C9H10O/c1-7-6-10-9-5-3-2-4-8(7)9/h2-5,7H,6H2,1H3/t7-/m0/s1. The molecule has 1 aromatic rings. The molecule has 2 rings (SSSR count). The van der Waals surface area contributed by atoms with Crippen LogP contribution in [0.4, 0.5) is 0 Å². The molecule has 0 saturated carbocycles. The maximum absolute atomic E-state index is 5.41. The second-order valence-electron chi connectivity index (χ2n) is 2.75. The van der Waals surface area contributed by atoms with Gasteiger partial charge in [0.2, 0.25) is 0 Å². The summed E-state index contributed by atoms with van der Waals surface area (Å²) >= 11 is 0. The summed E-state index contributed by atoms with van der Waals surface area (Å²) in [5.41, 5.74) is 1.35. The van der Waals surface area contributed by atoms with Gasteiger partial charge in [-0.15, -0.1) is 0 Å². The predicted octanol–water partition coefficient (Wildman–Crippen LogP) is 2.18. The minimum absolute atomic E-state index is 0.580. The van der Waals surface area contributed by atoms with Crippen LogP contribution in [0, 0.1) is 0 Å². The largest absolute Gasteiger partial charge is 0.493 e. The van der Waals surface area contributed by atoms with E-state index in [2.05, 4.69) is 19.1 Å². The monoisotopic (exact) mass is 134 g/mol. The van der Waals surface area contributed by atoms with E-state index < -0.39 is 0 Å². The Hall–Kier alpha value is -0.980. The Kier molecular flexibility index (Phi) is 1.16. The summed E-state index contributed by atoms with van der Waals surface area (Å²) in [7, 11) is 0. The fourth-order valence-corrected chi connectivity index (χ4v) is 1.32. The lowest BCUT2D eigenvalue weighted by Gasteiger charge is -1.96. The van der Waals surface area contributed by atoms with Gasteiger partial charge < -0.3 is 4.74 Å². The predicted molar refractivity (Wildman–Crippen MR) is 40.4 cm³/mol. The van der Waals surface area contributed by atoms with E-state index >= 15 is 0 Å². The molecule has 10 heavy (non-hydrogen) atoms. The van der Waals surface area contributed by atoms with Crippen molar-refractivity contribution >= 4 is 0 Å². The molecule has 0 amide bonds. The van der Waals surface area contributed by atoms with Gasteiger partial charge in [0.05, 0.1) is 6.61 Å². The maximum atomic E-state index is 5.41. The van der Waals surface area contributed by atoms with Crippen LogP contribution in [0.15, 0.2) is 24.3 Å². The van der Waals surface area contributed by atoms with Gasteiger partial charge in [0.25, 0.3) is 0 Å². The number of benzene rings is 1. The number of hydrogen-bond donors (Lipinski definition) is 0. The first kappa shape index (κ1) is 5.78. The van der Waals surface area contributed by atoms with Crippen molar-refractivity contribution in [2.24, 2.45) is 0 Å². The Morgan fingerprint density at radius 1 is 1.40 bits per heavy atom. The molecule has 1 aromatic carbocycles. The number of fused-ring (bicyclic) bond motifs is 1. The Bertz CT molecular complexity index is 242. The summed E-state index contributed by atoms with van der Waals surface area (Å²) in [6, 6.07) is 8.23. The molecule has 0 N–H and O–H groups in total. The highest BCUT2D eigenvalue weighted by Crippen LogP contribution is 2.32. The first-order valence-electron chi connectivity index (χ1n) is 3.59. The molecule has 0 radical (unpaired) electrons. The third-order valence-electron chi connectivity index (χ3n) is 1.94. The van der Waals surface area contributed by atoms with E-state index in [-0.39, 0.29) is 0 Å². The Balaban J connectivity index is 2.51. The minimum Gasteiger partial charge on any atom is -0.493 e. The Labute approximate surface area is 60.6 Å². The van der Waals surface area contributed by atoms with Crippen LogP contribution in [-0.2, 0) is 0 Å². The molecule has 0 fully saturated rings. The summed E-state index contributed by atoms with van der Waals surface area (Å²) in [6.45, 7) is 3.03. The van der Waals surface area contributed by atoms with Crippen LogP contribution in [0.25, 0.3) is 0 Å². The van der Waals surface area contributed by atoms with E-state index in [0.29, 0.717) is 5.92 Å². The van der Waals surface area contributed by atoms with Gasteiger partial charge in [0.1, 0.15) is 5.75 Å². The van der Waals surface area contributed by atoms with E-state index in [4.69, 9.17) is 4.74 Å². The molecule has 1 aliphatic heterocycles. The van der Waals surface area contributed by atoms with Crippen LogP contribution >= 0.6 is 0 Å².